The van der Waals surface area contributed by atoms with Crippen LogP contribution in [0.3, 0.4) is 0 Å². The number of rotatable bonds is 5. The van der Waals surface area contributed by atoms with Crippen LogP contribution in [-0.2, 0) is 6.42 Å². The summed E-state index contributed by atoms with van der Waals surface area (Å²) in [5.41, 5.74) is 0. The monoisotopic (exact) mass is 290 g/mol. The Hall–Kier alpha value is -0.580. The van der Waals surface area contributed by atoms with Gasteiger partial charge in [0.1, 0.15) is 4.88 Å². The van der Waals surface area contributed by atoms with Crippen LogP contribution >= 0.6 is 35.1 Å². The lowest BCUT2D eigenvalue weighted by molar-refractivity contribution is 0.0702. The quantitative estimate of drug-likeness (QED) is 0.802. The maximum absolute atomic E-state index is 10.8. The van der Waals surface area contributed by atoms with E-state index in [-0.39, 0.29) is 12.4 Å². The van der Waals surface area contributed by atoms with Crippen molar-refractivity contribution in [2.24, 2.45) is 0 Å². The van der Waals surface area contributed by atoms with Crippen molar-refractivity contribution < 1.29 is 9.90 Å². The second-order valence-corrected chi connectivity index (χ2v) is 6.07. The number of aryl methyl sites for hydroxylation is 1. The van der Waals surface area contributed by atoms with Crippen LogP contribution < -0.4 is 0 Å². The highest BCUT2D eigenvalue weighted by atomic mass is 35.5. The molecule has 0 radical (unpaired) electrons. The van der Waals surface area contributed by atoms with E-state index in [1.54, 1.807) is 17.4 Å². The topological polar surface area (TPSA) is 37.3 Å². The molecule has 0 aliphatic heterocycles. The van der Waals surface area contributed by atoms with Gasteiger partial charge in [0, 0.05) is 14.3 Å². The smallest absolute Gasteiger partial charge is 0.345 e. The highest BCUT2D eigenvalue weighted by Gasteiger charge is 2.10. The number of carboxylic acid groups (broad SMARTS) is 1. The van der Waals surface area contributed by atoms with Gasteiger partial charge in [0.15, 0.2) is 0 Å². The van der Waals surface area contributed by atoms with Gasteiger partial charge in [-0.2, -0.15) is 0 Å². The van der Waals surface area contributed by atoms with Gasteiger partial charge in [-0.25, -0.2) is 4.79 Å². The molecule has 1 N–H and O–H groups in total. The molecule has 2 aromatic heterocycles. The zero-order chi connectivity index (χ0) is 11.5. The molecular formula is C12H15ClO2S2. The summed E-state index contributed by atoms with van der Waals surface area (Å²) in [5, 5.41) is 8.86. The lowest BCUT2D eigenvalue weighted by Crippen LogP contribution is -1.89. The molecule has 0 saturated carbocycles. The maximum atomic E-state index is 10.8. The molecule has 0 aliphatic carbocycles. The van der Waals surface area contributed by atoms with Crippen LogP contribution in [0.5, 0.6) is 0 Å². The van der Waals surface area contributed by atoms with Crippen molar-refractivity contribution in [3.05, 3.63) is 21.9 Å². The second-order valence-electron chi connectivity index (χ2n) is 3.81. The largest absolute Gasteiger partial charge is 0.477 e. The van der Waals surface area contributed by atoms with E-state index >= 15 is 0 Å². The van der Waals surface area contributed by atoms with Crippen LogP contribution in [-0.4, -0.2) is 11.1 Å². The van der Waals surface area contributed by atoms with Crippen molar-refractivity contribution in [3.63, 3.8) is 0 Å². The third kappa shape index (κ3) is 3.44. The van der Waals surface area contributed by atoms with Crippen LogP contribution in [0.25, 0.3) is 9.40 Å². The fourth-order valence-corrected chi connectivity index (χ4v) is 3.97. The molecular weight excluding hydrogens is 276 g/mol. The van der Waals surface area contributed by atoms with Crippen LogP contribution in [0, 0.1) is 0 Å². The standard InChI is InChI=1S/C12H14O2S2.ClH/c1-2-3-4-5-8-6-9-10(15-8)7-11(16-9)12(13)14;/h6-7H,2-5H2,1H3,(H,13,14);1H. The number of carboxylic acids is 1. The van der Waals surface area contributed by atoms with Crippen LogP contribution in [0.1, 0.15) is 40.7 Å². The molecule has 5 heteroatoms. The summed E-state index contributed by atoms with van der Waals surface area (Å²) in [6.45, 7) is 2.20. The molecule has 2 aromatic rings. The molecule has 2 rings (SSSR count). The molecule has 0 atom stereocenters. The SMILES string of the molecule is CCCCCc1cc2sc(C(=O)O)cc2s1.Cl. The molecule has 0 spiro atoms. The zero-order valence-electron chi connectivity index (χ0n) is 9.56. The summed E-state index contributed by atoms with van der Waals surface area (Å²) in [5.74, 6) is -0.819. The average molecular weight is 291 g/mol. The van der Waals surface area contributed by atoms with E-state index in [0.717, 1.165) is 15.8 Å². The number of thiophene rings is 2. The highest BCUT2D eigenvalue weighted by Crippen LogP contribution is 2.33. The molecule has 0 fully saturated rings. The first-order valence-corrected chi connectivity index (χ1v) is 7.09. The number of fused-ring (bicyclic) bond motifs is 1. The minimum absolute atomic E-state index is 0. The van der Waals surface area contributed by atoms with Gasteiger partial charge in [-0.05, 0) is 25.0 Å². The van der Waals surface area contributed by atoms with Crippen molar-refractivity contribution in [1.82, 2.24) is 0 Å². The lowest BCUT2D eigenvalue weighted by atomic mass is 10.2. The van der Waals surface area contributed by atoms with E-state index in [4.69, 9.17) is 5.11 Å². The molecule has 0 saturated heterocycles. The predicted molar refractivity (Wildman–Crippen MR) is 77.1 cm³/mol. The first-order valence-electron chi connectivity index (χ1n) is 5.46. The first kappa shape index (κ1) is 14.5. The van der Waals surface area contributed by atoms with Gasteiger partial charge in [-0.15, -0.1) is 35.1 Å². The van der Waals surface area contributed by atoms with Gasteiger partial charge in [-0.1, -0.05) is 19.8 Å². The molecule has 0 aliphatic rings. The molecule has 0 aromatic carbocycles. The summed E-state index contributed by atoms with van der Waals surface area (Å²) < 4.78 is 2.24. The Morgan fingerprint density at radius 2 is 1.94 bits per heavy atom. The van der Waals surface area contributed by atoms with Crippen molar-refractivity contribution >= 4 is 50.4 Å². The summed E-state index contributed by atoms with van der Waals surface area (Å²) >= 11 is 3.11. The second kappa shape index (κ2) is 6.38. The van der Waals surface area contributed by atoms with E-state index in [9.17, 15) is 4.79 Å². The fraction of sp³-hybridized carbons (Fsp3) is 0.417. The molecule has 2 nitrogen and oxygen atoms in total. The minimum atomic E-state index is -0.819. The Morgan fingerprint density at radius 3 is 2.53 bits per heavy atom. The number of hydrogen-bond donors (Lipinski definition) is 1. The Balaban J connectivity index is 0.00000144. The van der Waals surface area contributed by atoms with Crippen molar-refractivity contribution in [1.29, 1.82) is 0 Å². The Morgan fingerprint density at radius 1 is 1.24 bits per heavy atom. The van der Waals surface area contributed by atoms with Crippen molar-refractivity contribution in [2.75, 3.05) is 0 Å². The van der Waals surface area contributed by atoms with E-state index in [0.29, 0.717) is 4.88 Å². The van der Waals surface area contributed by atoms with Gasteiger partial charge < -0.3 is 5.11 Å². The Labute approximate surface area is 115 Å². The normalized spacial score (nSPS) is 10.4. The Kier molecular flexibility index (Phi) is 5.43. The summed E-state index contributed by atoms with van der Waals surface area (Å²) in [6.07, 6.45) is 4.87. The number of aromatic carboxylic acids is 1. The number of hydrogen-bond acceptors (Lipinski definition) is 3. The number of unbranched alkanes of at least 4 members (excludes halogenated alkanes) is 2. The molecule has 17 heavy (non-hydrogen) atoms. The highest BCUT2D eigenvalue weighted by molar-refractivity contribution is 7.28. The van der Waals surface area contributed by atoms with Gasteiger partial charge in [-0.3, -0.25) is 0 Å². The summed E-state index contributed by atoms with van der Waals surface area (Å²) in [6, 6.07) is 3.93. The van der Waals surface area contributed by atoms with Crippen LogP contribution in [0.2, 0.25) is 0 Å². The van der Waals surface area contributed by atoms with Crippen LogP contribution in [0.4, 0.5) is 0 Å². The van der Waals surface area contributed by atoms with Crippen molar-refractivity contribution in [3.8, 4) is 0 Å². The molecule has 0 bridgehead atoms. The lowest BCUT2D eigenvalue weighted by Gasteiger charge is -1.94. The fourth-order valence-electron chi connectivity index (χ4n) is 1.66. The van der Waals surface area contributed by atoms with Gasteiger partial charge in [0.25, 0.3) is 0 Å². The minimum Gasteiger partial charge on any atom is -0.477 e. The third-order valence-corrected chi connectivity index (χ3v) is 4.84. The van der Waals surface area contributed by atoms with E-state index < -0.39 is 5.97 Å². The maximum Gasteiger partial charge on any atom is 0.345 e. The summed E-state index contributed by atoms with van der Waals surface area (Å²) in [4.78, 5) is 12.6. The zero-order valence-corrected chi connectivity index (χ0v) is 12.0. The van der Waals surface area contributed by atoms with Gasteiger partial charge >= 0.3 is 5.97 Å². The molecule has 2 heterocycles. The molecule has 0 amide bonds. The van der Waals surface area contributed by atoms with Gasteiger partial charge in [0.2, 0.25) is 0 Å². The predicted octanol–water partition coefficient (Wildman–Crippen LogP) is 4.82. The van der Waals surface area contributed by atoms with E-state index in [1.807, 2.05) is 0 Å². The first-order chi connectivity index (χ1) is 7.70. The van der Waals surface area contributed by atoms with Crippen LogP contribution in [0.15, 0.2) is 12.1 Å². The van der Waals surface area contributed by atoms with E-state index in [2.05, 4.69) is 13.0 Å². The third-order valence-electron chi connectivity index (χ3n) is 2.50. The number of carbonyl (C=O) groups is 1. The molecule has 0 unspecified atom stereocenters. The van der Waals surface area contributed by atoms with E-state index in [1.165, 1.54) is 35.5 Å². The van der Waals surface area contributed by atoms with Crippen molar-refractivity contribution in [2.45, 2.75) is 32.6 Å². The molecule has 94 valence electrons. The summed E-state index contributed by atoms with van der Waals surface area (Å²) in [7, 11) is 0. The number of halogens is 1. The van der Waals surface area contributed by atoms with Gasteiger partial charge in [0.05, 0.1) is 0 Å². The Bertz CT molecular complexity index is 470. The average Bonchev–Trinajstić information content (AvgIpc) is 2.75.